The molecule has 0 atom stereocenters. The van der Waals surface area contributed by atoms with E-state index in [4.69, 9.17) is 14.2 Å². The van der Waals surface area contributed by atoms with Crippen LogP contribution in [0.3, 0.4) is 0 Å². The zero-order chi connectivity index (χ0) is 21.1. The van der Waals surface area contributed by atoms with Gasteiger partial charge in [-0.25, -0.2) is 19.3 Å². The van der Waals surface area contributed by atoms with Crippen molar-refractivity contribution >= 4 is 17.6 Å². The quantitative estimate of drug-likeness (QED) is 0.490. The van der Waals surface area contributed by atoms with Crippen LogP contribution in [0.2, 0.25) is 0 Å². The van der Waals surface area contributed by atoms with Crippen LogP contribution >= 0.6 is 0 Å². The molecule has 0 bridgehead atoms. The number of aromatic nitrogens is 5. The predicted molar refractivity (Wildman–Crippen MR) is 104 cm³/mol. The number of fused-ring (bicyclic) bond motifs is 1. The third-order valence-corrected chi connectivity index (χ3v) is 4.64. The van der Waals surface area contributed by atoms with E-state index < -0.39 is 11.9 Å². The summed E-state index contributed by atoms with van der Waals surface area (Å²) in [5, 5.41) is 7.81. The summed E-state index contributed by atoms with van der Waals surface area (Å²) >= 11 is 0. The number of esters is 2. The van der Waals surface area contributed by atoms with Crippen LogP contribution in [0.1, 0.15) is 54.4 Å². The maximum atomic E-state index is 11.8. The molecule has 0 amide bonds. The van der Waals surface area contributed by atoms with E-state index in [1.54, 1.807) is 13.8 Å². The summed E-state index contributed by atoms with van der Waals surface area (Å²) in [6.07, 6.45) is 7.71. The monoisotopic (exact) mass is 413 g/mol. The highest BCUT2D eigenvalue weighted by Gasteiger charge is 2.26. The molecule has 10 nitrogen and oxygen atoms in total. The Kier molecular flexibility index (Phi) is 5.64. The highest BCUT2D eigenvalue weighted by Crippen LogP contribution is 2.41. The van der Waals surface area contributed by atoms with Gasteiger partial charge in [0, 0.05) is 12.4 Å². The molecule has 1 aliphatic rings. The van der Waals surface area contributed by atoms with E-state index in [0.717, 1.165) is 18.4 Å². The molecule has 3 aromatic heterocycles. The Morgan fingerprint density at radius 2 is 1.93 bits per heavy atom. The van der Waals surface area contributed by atoms with E-state index in [0.29, 0.717) is 36.2 Å². The van der Waals surface area contributed by atoms with E-state index >= 15 is 0 Å². The van der Waals surface area contributed by atoms with Crippen LogP contribution in [0.4, 0.5) is 0 Å². The van der Waals surface area contributed by atoms with Crippen molar-refractivity contribution in [3.63, 3.8) is 0 Å². The first-order valence-corrected chi connectivity index (χ1v) is 9.94. The maximum absolute atomic E-state index is 11.8. The second kappa shape index (κ2) is 8.52. The minimum atomic E-state index is -0.512. The van der Waals surface area contributed by atoms with Crippen LogP contribution < -0.4 is 4.74 Å². The summed E-state index contributed by atoms with van der Waals surface area (Å²) in [7, 11) is 0. The van der Waals surface area contributed by atoms with Gasteiger partial charge in [0.1, 0.15) is 0 Å². The molecule has 4 rings (SSSR count). The van der Waals surface area contributed by atoms with Crippen molar-refractivity contribution in [1.29, 1.82) is 0 Å². The standard InChI is InChI=1S/C20H23N5O5/c1-3-28-18(26)12-30-17-7-14(13-5-6-13)8-24-9-15(21-19(17)24)10-25-11-16(22-23-25)20(27)29-4-2/h7-9,11,13H,3-6,10,12H2,1-2H3. The number of rotatable bonds is 9. The van der Waals surface area contributed by atoms with Crippen molar-refractivity contribution in [2.24, 2.45) is 0 Å². The summed E-state index contributed by atoms with van der Waals surface area (Å²) < 4.78 is 19.0. The molecule has 0 spiro atoms. The van der Waals surface area contributed by atoms with Crippen molar-refractivity contribution in [2.75, 3.05) is 19.8 Å². The molecular weight excluding hydrogens is 390 g/mol. The van der Waals surface area contributed by atoms with Crippen molar-refractivity contribution in [3.05, 3.63) is 41.6 Å². The van der Waals surface area contributed by atoms with Gasteiger partial charge in [0.15, 0.2) is 23.7 Å². The molecule has 0 radical (unpaired) electrons. The van der Waals surface area contributed by atoms with Crippen LogP contribution in [0.25, 0.3) is 5.65 Å². The fourth-order valence-corrected chi connectivity index (χ4v) is 3.14. The largest absolute Gasteiger partial charge is 0.478 e. The van der Waals surface area contributed by atoms with Crippen molar-refractivity contribution < 1.29 is 23.8 Å². The van der Waals surface area contributed by atoms with Gasteiger partial charge in [-0.2, -0.15) is 0 Å². The van der Waals surface area contributed by atoms with Crippen LogP contribution in [-0.2, 0) is 20.8 Å². The average Bonchev–Trinajstić information content (AvgIpc) is 3.33. The van der Waals surface area contributed by atoms with Crippen molar-refractivity contribution in [3.8, 4) is 5.75 Å². The van der Waals surface area contributed by atoms with Gasteiger partial charge in [-0.15, -0.1) is 5.10 Å². The molecule has 158 valence electrons. The molecular formula is C20H23N5O5. The molecule has 1 aliphatic carbocycles. The lowest BCUT2D eigenvalue weighted by molar-refractivity contribution is -0.145. The van der Waals surface area contributed by atoms with Crippen molar-refractivity contribution in [2.45, 2.75) is 39.2 Å². The molecule has 0 saturated heterocycles. The van der Waals surface area contributed by atoms with E-state index in [9.17, 15) is 9.59 Å². The van der Waals surface area contributed by atoms with Gasteiger partial charge in [0.2, 0.25) is 0 Å². The normalized spacial score (nSPS) is 13.4. The van der Waals surface area contributed by atoms with E-state index in [-0.39, 0.29) is 18.9 Å². The highest BCUT2D eigenvalue weighted by molar-refractivity contribution is 5.86. The number of carbonyl (C=O) groups excluding carboxylic acids is 2. The Morgan fingerprint density at radius 3 is 2.67 bits per heavy atom. The number of hydrogen-bond donors (Lipinski definition) is 0. The first kappa shape index (κ1) is 19.9. The number of pyridine rings is 1. The molecule has 3 heterocycles. The minimum absolute atomic E-state index is 0.148. The lowest BCUT2D eigenvalue weighted by Gasteiger charge is -2.09. The van der Waals surface area contributed by atoms with Gasteiger partial charge in [0.25, 0.3) is 0 Å². The SMILES string of the molecule is CCOC(=O)COc1cc(C2CC2)cn2cc(Cn3cc(C(=O)OCC)nn3)nc12. The maximum Gasteiger partial charge on any atom is 0.360 e. The molecule has 0 aromatic carbocycles. The third kappa shape index (κ3) is 4.42. The Balaban J connectivity index is 1.57. The van der Waals surface area contributed by atoms with Gasteiger partial charge in [-0.05, 0) is 44.2 Å². The van der Waals surface area contributed by atoms with E-state index in [2.05, 4.69) is 15.3 Å². The zero-order valence-electron chi connectivity index (χ0n) is 16.9. The minimum Gasteiger partial charge on any atom is -0.478 e. The average molecular weight is 413 g/mol. The van der Waals surface area contributed by atoms with Gasteiger partial charge < -0.3 is 18.6 Å². The van der Waals surface area contributed by atoms with Gasteiger partial charge in [-0.1, -0.05) is 5.21 Å². The molecule has 1 saturated carbocycles. The third-order valence-electron chi connectivity index (χ3n) is 4.64. The van der Waals surface area contributed by atoms with Crippen LogP contribution in [0, 0.1) is 0 Å². The second-order valence-corrected chi connectivity index (χ2v) is 6.99. The summed E-state index contributed by atoms with van der Waals surface area (Å²) in [6, 6.07) is 1.94. The molecule has 0 aliphatic heterocycles. The summed E-state index contributed by atoms with van der Waals surface area (Å²) in [4.78, 5) is 28.1. The first-order valence-electron chi connectivity index (χ1n) is 9.94. The van der Waals surface area contributed by atoms with Crippen LogP contribution in [0.5, 0.6) is 5.75 Å². The number of carbonyl (C=O) groups is 2. The Bertz CT molecular complexity index is 1070. The van der Waals surface area contributed by atoms with Crippen LogP contribution in [0.15, 0.2) is 24.7 Å². The summed E-state index contributed by atoms with van der Waals surface area (Å²) in [5.41, 5.74) is 2.61. The Hall–Kier alpha value is -3.43. The van der Waals surface area contributed by atoms with Gasteiger partial charge in [-0.3, -0.25) is 0 Å². The number of ether oxygens (including phenoxy) is 3. The molecule has 0 unspecified atom stereocenters. The topological polar surface area (TPSA) is 110 Å². The van der Waals surface area contributed by atoms with Crippen LogP contribution in [-0.4, -0.2) is 56.1 Å². The number of hydrogen-bond acceptors (Lipinski definition) is 8. The Labute approximate surface area is 172 Å². The molecule has 10 heteroatoms. The predicted octanol–water partition coefficient (Wildman–Crippen LogP) is 1.97. The van der Waals surface area contributed by atoms with E-state index in [1.807, 2.05) is 22.9 Å². The fourth-order valence-electron chi connectivity index (χ4n) is 3.14. The second-order valence-electron chi connectivity index (χ2n) is 6.99. The van der Waals surface area contributed by atoms with Gasteiger partial charge in [0.05, 0.1) is 31.6 Å². The molecule has 0 N–H and O–H groups in total. The zero-order valence-corrected chi connectivity index (χ0v) is 16.9. The van der Waals surface area contributed by atoms with Crippen molar-refractivity contribution in [1.82, 2.24) is 24.4 Å². The Morgan fingerprint density at radius 1 is 1.13 bits per heavy atom. The lowest BCUT2D eigenvalue weighted by Crippen LogP contribution is -2.15. The molecule has 3 aromatic rings. The highest BCUT2D eigenvalue weighted by atomic mass is 16.6. The summed E-state index contributed by atoms with van der Waals surface area (Å²) in [5.74, 6) is 0.105. The first-order chi connectivity index (χ1) is 14.6. The number of nitrogens with zero attached hydrogens (tertiary/aromatic N) is 5. The van der Waals surface area contributed by atoms with Gasteiger partial charge >= 0.3 is 11.9 Å². The molecule has 1 fully saturated rings. The number of imidazole rings is 1. The van der Waals surface area contributed by atoms with E-state index in [1.165, 1.54) is 10.9 Å². The lowest BCUT2D eigenvalue weighted by atomic mass is 10.2. The smallest absolute Gasteiger partial charge is 0.360 e. The summed E-state index contributed by atoms with van der Waals surface area (Å²) in [6.45, 7) is 4.21. The fraction of sp³-hybridized carbons (Fsp3) is 0.450. The molecule has 30 heavy (non-hydrogen) atoms.